The zero-order chi connectivity index (χ0) is 15.6. The third-order valence-electron chi connectivity index (χ3n) is 4.36. The molecule has 1 aliphatic heterocycles. The third kappa shape index (κ3) is 4.09. The molecule has 5 nitrogen and oxygen atoms in total. The molecule has 3 atom stereocenters. The molecule has 8 heteroatoms. The maximum absolute atomic E-state index is 12.1. The summed E-state index contributed by atoms with van der Waals surface area (Å²) >= 11 is 0. The van der Waals surface area contributed by atoms with Gasteiger partial charge in [-0.3, -0.25) is 14.5 Å². The summed E-state index contributed by atoms with van der Waals surface area (Å²) < 4.78 is 36.3. The highest BCUT2D eigenvalue weighted by molar-refractivity contribution is 5.83. The SMILES string of the molecule is NC(=O)[C@@H]1C[C@@H]2CCCC[C@@H]2N1CC(=O)NCC(F)(F)F. The van der Waals surface area contributed by atoms with Gasteiger partial charge in [-0.05, 0) is 25.2 Å². The average Bonchev–Trinajstić information content (AvgIpc) is 2.75. The second-order valence-corrected chi connectivity index (χ2v) is 5.83. The van der Waals surface area contributed by atoms with E-state index in [-0.39, 0.29) is 12.6 Å². The van der Waals surface area contributed by atoms with Crippen LogP contribution in [-0.2, 0) is 9.59 Å². The fourth-order valence-corrected chi connectivity index (χ4v) is 3.48. The second-order valence-electron chi connectivity index (χ2n) is 5.83. The van der Waals surface area contributed by atoms with E-state index in [1.165, 1.54) is 0 Å². The van der Waals surface area contributed by atoms with Crippen LogP contribution < -0.4 is 11.1 Å². The molecule has 1 saturated carbocycles. The van der Waals surface area contributed by atoms with Crippen molar-refractivity contribution in [3.63, 3.8) is 0 Å². The number of nitrogens with one attached hydrogen (secondary N) is 1. The highest BCUT2D eigenvalue weighted by Gasteiger charge is 2.45. The van der Waals surface area contributed by atoms with Gasteiger partial charge in [0, 0.05) is 6.04 Å². The number of nitrogens with two attached hydrogens (primary N) is 1. The molecule has 1 saturated heterocycles. The van der Waals surface area contributed by atoms with Crippen molar-refractivity contribution < 1.29 is 22.8 Å². The van der Waals surface area contributed by atoms with E-state index in [1.807, 2.05) is 5.32 Å². The molecule has 0 aromatic heterocycles. The van der Waals surface area contributed by atoms with Gasteiger partial charge in [0.2, 0.25) is 11.8 Å². The van der Waals surface area contributed by atoms with Gasteiger partial charge in [-0.2, -0.15) is 13.2 Å². The summed E-state index contributed by atoms with van der Waals surface area (Å²) in [7, 11) is 0. The Morgan fingerprint density at radius 1 is 1.24 bits per heavy atom. The minimum atomic E-state index is -4.43. The minimum Gasteiger partial charge on any atom is -0.368 e. The fraction of sp³-hybridized carbons (Fsp3) is 0.846. The summed E-state index contributed by atoms with van der Waals surface area (Å²) in [4.78, 5) is 24.9. The van der Waals surface area contributed by atoms with E-state index in [0.717, 1.165) is 25.7 Å². The van der Waals surface area contributed by atoms with Gasteiger partial charge < -0.3 is 11.1 Å². The number of fused-ring (bicyclic) bond motifs is 1. The lowest BCUT2D eigenvalue weighted by Gasteiger charge is -2.32. The monoisotopic (exact) mass is 307 g/mol. The molecule has 0 radical (unpaired) electrons. The van der Waals surface area contributed by atoms with Crippen molar-refractivity contribution in [3.8, 4) is 0 Å². The van der Waals surface area contributed by atoms with E-state index < -0.39 is 30.6 Å². The van der Waals surface area contributed by atoms with Crippen molar-refractivity contribution >= 4 is 11.8 Å². The molecule has 0 aromatic rings. The summed E-state index contributed by atoms with van der Waals surface area (Å²) in [6.07, 6.45) is 0.105. The molecular weight excluding hydrogens is 287 g/mol. The van der Waals surface area contributed by atoms with Crippen LogP contribution in [0, 0.1) is 5.92 Å². The van der Waals surface area contributed by atoms with E-state index in [4.69, 9.17) is 5.73 Å². The number of primary amides is 1. The van der Waals surface area contributed by atoms with Crippen LogP contribution >= 0.6 is 0 Å². The fourth-order valence-electron chi connectivity index (χ4n) is 3.48. The van der Waals surface area contributed by atoms with E-state index in [2.05, 4.69) is 0 Å². The summed E-state index contributed by atoms with van der Waals surface area (Å²) in [6, 6.07) is -0.470. The highest BCUT2D eigenvalue weighted by Crippen LogP contribution is 2.39. The Kier molecular flexibility index (Phi) is 4.75. The van der Waals surface area contributed by atoms with E-state index in [9.17, 15) is 22.8 Å². The number of likely N-dealkylation sites (tertiary alicyclic amines) is 1. The standard InChI is InChI=1S/C13H20F3N3O2/c14-13(15,16)7-18-11(20)6-19-9-4-2-1-3-8(9)5-10(19)12(17)21/h8-10H,1-7H2,(H2,17,21)(H,18,20)/t8-,9-,10-/m0/s1. The van der Waals surface area contributed by atoms with Crippen molar-refractivity contribution in [2.24, 2.45) is 11.7 Å². The first kappa shape index (κ1) is 16.1. The van der Waals surface area contributed by atoms with Gasteiger partial charge >= 0.3 is 6.18 Å². The molecule has 120 valence electrons. The normalized spacial score (nSPS) is 30.0. The average molecular weight is 307 g/mol. The van der Waals surface area contributed by atoms with E-state index in [1.54, 1.807) is 4.90 Å². The van der Waals surface area contributed by atoms with Crippen molar-refractivity contribution in [1.82, 2.24) is 10.2 Å². The number of hydrogen-bond acceptors (Lipinski definition) is 3. The van der Waals surface area contributed by atoms with Crippen LogP contribution in [0.3, 0.4) is 0 Å². The highest BCUT2D eigenvalue weighted by atomic mass is 19.4. The molecule has 0 bridgehead atoms. The Morgan fingerprint density at radius 2 is 1.90 bits per heavy atom. The predicted molar refractivity (Wildman–Crippen MR) is 69.1 cm³/mol. The Labute approximate surface area is 121 Å². The zero-order valence-corrected chi connectivity index (χ0v) is 11.7. The van der Waals surface area contributed by atoms with Crippen LogP contribution in [0.2, 0.25) is 0 Å². The summed E-state index contributed by atoms with van der Waals surface area (Å²) in [5, 5.41) is 1.85. The number of carbonyl (C=O) groups excluding carboxylic acids is 2. The van der Waals surface area contributed by atoms with Crippen LogP contribution in [0.5, 0.6) is 0 Å². The van der Waals surface area contributed by atoms with Crippen LogP contribution in [0.15, 0.2) is 0 Å². The molecule has 21 heavy (non-hydrogen) atoms. The Morgan fingerprint density at radius 3 is 2.52 bits per heavy atom. The minimum absolute atomic E-state index is 0.0767. The molecule has 1 heterocycles. The molecule has 0 spiro atoms. The smallest absolute Gasteiger partial charge is 0.368 e. The van der Waals surface area contributed by atoms with E-state index in [0.29, 0.717) is 12.3 Å². The van der Waals surface area contributed by atoms with Crippen LogP contribution in [0.25, 0.3) is 0 Å². The molecule has 2 aliphatic rings. The van der Waals surface area contributed by atoms with Crippen LogP contribution in [0.1, 0.15) is 32.1 Å². The molecule has 2 amide bonds. The number of rotatable bonds is 4. The maximum Gasteiger partial charge on any atom is 0.405 e. The Bertz CT molecular complexity index is 414. The lowest BCUT2D eigenvalue weighted by atomic mass is 9.85. The number of hydrogen-bond donors (Lipinski definition) is 2. The maximum atomic E-state index is 12.1. The summed E-state index contributed by atoms with van der Waals surface area (Å²) in [5.74, 6) is -0.913. The summed E-state index contributed by atoms with van der Waals surface area (Å²) in [5.41, 5.74) is 5.37. The zero-order valence-electron chi connectivity index (χ0n) is 11.7. The molecule has 0 aromatic carbocycles. The number of carbonyl (C=O) groups is 2. The summed E-state index contributed by atoms with van der Waals surface area (Å²) in [6.45, 7) is -1.56. The number of amides is 2. The Balaban J connectivity index is 1.97. The van der Waals surface area contributed by atoms with Gasteiger partial charge in [0.15, 0.2) is 0 Å². The molecular formula is C13H20F3N3O2. The first-order valence-corrected chi connectivity index (χ1v) is 7.16. The largest absolute Gasteiger partial charge is 0.405 e. The second kappa shape index (κ2) is 6.21. The molecule has 0 unspecified atom stereocenters. The Hall–Kier alpha value is -1.31. The first-order valence-electron chi connectivity index (χ1n) is 7.16. The molecule has 3 N–H and O–H groups in total. The quantitative estimate of drug-likeness (QED) is 0.806. The number of nitrogens with zero attached hydrogens (tertiary/aromatic N) is 1. The van der Waals surface area contributed by atoms with Gasteiger partial charge in [0.1, 0.15) is 6.54 Å². The van der Waals surface area contributed by atoms with Crippen molar-refractivity contribution in [1.29, 1.82) is 0 Å². The van der Waals surface area contributed by atoms with Crippen molar-refractivity contribution in [2.75, 3.05) is 13.1 Å². The molecule has 2 rings (SSSR count). The number of halogens is 3. The molecule has 2 fully saturated rings. The first-order chi connectivity index (χ1) is 9.78. The third-order valence-corrected chi connectivity index (χ3v) is 4.36. The van der Waals surface area contributed by atoms with Crippen LogP contribution in [-0.4, -0.2) is 48.1 Å². The van der Waals surface area contributed by atoms with Gasteiger partial charge in [-0.25, -0.2) is 0 Å². The van der Waals surface area contributed by atoms with Gasteiger partial charge in [-0.15, -0.1) is 0 Å². The lowest BCUT2D eigenvalue weighted by Crippen LogP contribution is -2.50. The van der Waals surface area contributed by atoms with Gasteiger partial charge in [-0.1, -0.05) is 12.8 Å². The van der Waals surface area contributed by atoms with Crippen molar-refractivity contribution in [3.05, 3.63) is 0 Å². The lowest BCUT2D eigenvalue weighted by molar-refractivity contribution is -0.140. The topological polar surface area (TPSA) is 75.4 Å². The number of alkyl halides is 3. The van der Waals surface area contributed by atoms with Crippen molar-refractivity contribution in [2.45, 2.75) is 50.4 Å². The van der Waals surface area contributed by atoms with Crippen LogP contribution in [0.4, 0.5) is 13.2 Å². The van der Waals surface area contributed by atoms with E-state index >= 15 is 0 Å². The molecule has 1 aliphatic carbocycles. The van der Waals surface area contributed by atoms with Gasteiger partial charge in [0.25, 0.3) is 0 Å². The predicted octanol–water partition coefficient (Wildman–Crippen LogP) is 0.783. The van der Waals surface area contributed by atoms with Gasteiger partial charge in [0.05, 0.1) is 12.6 Å².